The molecule has 1 aliphatic heterocycles. The van der Waals surface area contributed by atoms with E-state index in [-0.39, 0.29) is 12.0 Å². The van der Waals surface area contributed by atoms with Gasteiger partial charge in [0, 0.05) is 25.1 Å². The van der Waals surface area contributed by atoms with Gasteiger partial charge in [0.05, 0.1) is 30.6 Å². The molecule has 2 aliphatic rings. The predicted molar refractivity (Wildman–Crippen MR) is 96.0 cm³/mol. The van der Waals surface area contributed by atoms with Crippen LogP contribution in [0.3, 0.4) is 0 Å². The molecule has 1 aliphatic carbocycles. The van der Waals surface area contributed by atoms with Crippen molar-refractivity contribution in [2.75, 3.05) is 31.6 Å². The second-order valence-corrected chi connectivity index (χ2v) is 6.94. The number of hydrogen-bond acceptors (Lipinski definition) is 4. The molecule has 0 radical (unpaired) electrons. The van der Waals surface area contributed by atoms with Crippen molar-refractivity contribution in [2.45, 2.75) is 31.8 Å². The molecule has 6 heteroatoms. The Morgan fingerprint density at radius 3 is 2.84 bits per heavy atom. The molecule has 1 N–H and O–H groups in total. The van der Waals surface area contributed by atoms with Crippen molar-refractivity contribution in [3.05, 3.63) is 42.1 Å². The van der Waals surface area contributed by atoms with Gasteiger partial charge in [-0.25, -0.2) is 4.68 Å². The molecule has 6 nitrogen and oxygen atoms in total. The van der Waals surface area contributed by atoms with Gasteiger partial charge in [-0.3, -0.25) is 9.69 Å². The third kappa shape index (κ3) is 3.91. The van der Waals surface area contributed by atoms with E-state index in [1.165, 1.54) is 12.8 Å². The Bertz CT molecular complexity index is 739. The minimum Gasteiger partial charge on any atom is -0.376 e. The standard InChI is InChI=1S/C19H24N4O2/c1-14-12-22(9-10-25-14)13-19(24)20-18-11-17(15-7-8-15)21-23(18)16-5-3-2-4-6-16/h2-6,11,14-15H,7-10,12-13H2,1H3,(H,20,24). The molecule has 1 unspecified atom stereocenters. The number of carbonyl (C=O) groups excluding carboxylic acids is 1. The number of carbonyl (C=O) groups is 1. The SMILES string of the molecule is CC1CN(CC(=O)Nc2cc(C3CC3)nn2-c2ccccc2)CCO1. The Morgan fingerprint density at radius 1 is 1.32 bits per heavy atom. The molecule has 132 valence electrons. The molecule has 1 aromatic heterocycles. The highest BCUT2D eigenvalue weighted by Crippen LogP contribution is 2.40. The molecule has 2 heterocycles. The predicted octanol–water partition coefficient (Wildman–Crippen LogP) is 2.41. The monoisotopic (exact) mass is 340 g/mol. The van der Waals surface area contributed by atoms with Crippen LogP contribution in [0, 0.1) is 0 Å². The molecule has 2 aromatic rings. The first-order chi connectivity index (χ1) is 12.2. The third-order valence-electron chi connectivity index (χ3n) is 4.68. The summed E-state index contributed by atoms with van der Waals surface area (Å²) in [7, 11) is 0. The number of para-hydroxylation sites is 1. The van der Waals surface area contributed by atoms with Crippen molar-refractivity contribution in [1.82, 2.24) is 14.7 Å². The first-order valence-electron chi connectivity index (χ1n) is 8.98. The molecule has 1 saturated carbocycles. The lowest BCUT2D eigenvalue weighted by atomic mass is 10.3. The van der Waals surface area contributed by atoms with Gasteiger partial charge >= 0.3 is 0 Å². The zero-order valence-corrected chi connectivity index (χ0v) is 14.5. The fourth-order valence-corrected chi connectivity index (χ4v) is 3.25. The molecule has 4 rings (SSSR count). The van der Waals surface area contributed by atoms with Gasteiger partial charge in [-0.05, 0) is 31.9 Å². The van der Waals surface area contributed by atoms with Crippen LogP contribution in [0.2, 0.25) is 0 Å². The highest BCUT2D eigenvalue weighted by atomic mass is 16.5. The molecule has 1 saturated heterocycles. The van der Waals surface area contributed by atoms with E-state index < -0.39 is 0 Å². The van der Waals surface area contributed by atoms with E-state index in [4.69, 9.17) is 9.84 Å². The molecule has 1 aromatic carbocycles. The summed E-state index contributed by atoms with van der Waals surface area (Å²) in [6, 6.07) is 12.0. The lowest BCUT2D eigenvalue weighted by Gasteiger charge is -2.30. The van der Waals surface area contributed by atoms with Gasteiger partial charge < -0.3 is 10.1 Å². The zero-order valence-electron chi connectivity index (χ0n) is 14.5. The fourth-order valence-electron chi connectivity index (χ4n) is 3.25. The minimum atomic E-state index is -0.00599. The Labute approximate surface area is 147 Å². The summed E-state index contributed by atoms with van der Waals surface area (Å²) in [6.45, 7) is 4.69. The topological polar surface area (TPSA) is 59.4 Å². The Balaban J connectivity index is 1.50. The second-order valence-electron chi connectivity index (χ2n) is 6.94. The van der Waals surface area contributed by atoms with Gasteiger partial charge in [0.2, 0.25) is 5.91 Å². The molecule has 0 spiro atoms. The van der Waals surface area contributed by atoms with Gasteiger partial charge in [0.1, 0.15) is 5.82 Å². The number of aromatic nitrogens is 2. The van der Waals surface area contributed by atoms with Crippen LogP contribution in [0.4, 0.5) is 5.82 Å². The normalized spacial score (nSPS) is 21.2. The van der Waals surface area contributed by atoms with Crippen LogP contribution in [0.15, 0.2) is 36.4 Å². The van der Waals surface area contributed by atoms with Crippen molar-refractivity contribution < 1.29 is 9.53 Å². The molecule has 2 fully saturated rings. The highest BCUT2D eigenvalue weighted by molar-refractivity contribution is 5.91. The van der Waals surface area contributed by atoms with Gasteiger partial charge in [-0.2, -0.15) is 5.10 Å². The molecule has 1 amide bonds. The van der Waals surface area contributed by atoms with E-state index in [0.717, 1.165) is 30.3 Å². The van der Waals surface area contributed by atoms with Crippen LogP contribution < -0.4 is 5.32 Å². The summed E-state index contributed by atoms with van der Waals surface area (Å²) in [5, 5.41) is 7.78. The maximum absolute atomic E-state index is 12.5. The number of ether oxygens (including phenoxy) is 1. The maximum atomic E-state index is 12.5. The van der Waals surface area contributed by atoms with E-state index in [9.17, 15) is 4.79 Å². The summed E-state index contributed by atoms with van der Waals surface area (Å²) < 4.78 is 7.37. The number of rotatable bonds is 5. The number of hydrogen-bond donors (Lipinski definition) is 1. The number of nitrogens with one attached hydrogen (secondary N) is 1. The summed E-state index contributed by atoms with van der Waals surface area (Å²) in [6.07, 6.45) is 2.55. The third-order valence-corrected chi connectivity index (χ3v) is 4.68. The van der Waals surface area contributed by atoms with Crippen LogP contribution in [0.5, 0.6) is 0 Å². The van der Waals surface area contributed by atoms with Gasteiger partial charge in [-0.1, -0.05) is 18.2 Å². The van der Waals surface area contributed by atoms with Gasteiger partial charge in [0.15, 0.2) is 0 Å². The number of nitrogens with zero attached hydrogens (tertiary/aromatic N) is 3. The molecule has 0 bridgehead atoms. The number of benzene rings is 1. The summed E-state index contributed by atoms with van der Waals surface area (Å²) in [5.74, 6) is 1.29. The second kappa shape index (κ2) is 6.98. The van der Waals surface area contributed by atoms with Crippen LogP contribution >= 0.6 is 0 Å². The molecular formula is C19H24N4O2. The Kier molecular flexibility index (Phi) is 4.55. The van der Waals surface area contributed by atoms with Crippen LogP contribution in [-0.4, -0.2) is 52.9 Å². The van der Waals surface area contributed by atoms with Crippen LogP contribution in [0.1, 0.15) is 31.4 Å². The summed E-state index contributed by atoms with van der Waals surface area (Å²) in [4.78, 5) is 14.7. The van der Waals surface area contributed by atoms with Crippen molar-refractivity contribution in [1.29, 1.82) is 0 Å². The van der Waals surface area contributed by atoms with Gasteiger partial charge in [0.25, 0.3) is 0 Å². The highest BCUT2D eigenvalue weighted by Gasteiger charge is 2.28. The van der Waals surface area contributed by atoms with Crippen molar-refractivity contribution in [3.63, 3.8) is 0 Å². The van der Waals surface area contributed by atoms with Crippen LogP contribution in [0.25, 0.3) is 5.69 Å². The quantitative estimate of drug-likeness (QED) is 0.908. The number of anilines is 1. The first kappa shape index (κ1) is 16.3. The molecular weight excluding hydrogens is 316 g/mol. The minimum absolute atomic E-state index is 0.00599. The Morgan fingerprint density at radius 2 is 2.12 bits per heavy atom. The number of morpholine rings is 1. The average molecular weight is 340 g/mol. The van der Waals surface area contributed by atoms with E-state index in [1.54, 1.807) is 0 Å². The first-order valence-corrected chi connectivity index (χ1v) is 8.98. The fraction of sp³-hybridized carbons (Fsp3) is 0.474. The zero-order chi connectivity index (χ0) is 17.2. The van der Waals surface area contributed by atoms with Crippen LogP contribution in [-0.2, 0) is 9.53 Å². The lowest BCUT2D eigenvalue weighted by Crippen LogP contribution is -2.44. The van der Waals surface area contributed by atoms with E-state index in [1.807, 2.05) is 48.0 Å². The van der Waals surface area contributed by atoms with Crippen molar-refractivity contribution >= 4 is 11.7 Å². The largest absolute Gasteiger partial charge is 0.376 e. The summed E-state index contributed by atoms with van der Waals surface area (Å²) >= 11 is 0. The average Bonchev–Trinajstić information content (AvgIpc) is 3.37. The molecule has 1 atom stereocenters. The lowest BCUT2D eigenvalue weighted by molar-refractivity contribution is -0.119. The van der Waals surface area contributed by atoms with E-state index in [2.05, 4.69) is 10.2 Å². The summed E-state index contributed by atoms with van der Waals surface area (Å²) in [5.41, 5.74) is 2.03. The maximum Gasteiger partial charge on any atom is 0.239 e. The van der Waals surface area contributed by atoms with Crippen molar-refractivity contribution in [2.24, 2.45) is 0 Å². The van der Waals surface area contributed by atoms with E-state index >= 15 is 0 Å². The number of amides is 1. The van der Waals surface area contributed by atoms with Gasteiger partial charge in [-0.15, -0.1) is 0 Å². The van der Waals surface area contributed by atoms with E-state index in [0.29, 0.717) is 19.1 Å². The smallest absolute Gasteiger partial charge is 0.239 e. The molecule has 25 heavy (non-hydrogen) atoms. The van der Waals surface area contributed by atoms with Crippen molar-refractivity contribution in [3.8, 4) is 5.69 Å². The Hall–Kier alpha value is -2.18.